The van der Waals surface area contributed by atoms with Crippen LogP contribution in [0.3, 0.4) is 0 Å². The molecule has 2 rings (SSSR count). The molecule has 0 bridgehead atoms. The van der Waals surface area contributed by atoms with E-state index in [2.05, 4.69) is 15.9 Å². The van der Waals surface area contributed by atoms with E-state index in [1.165, 1.54) is 0 Å². The van der Waals surface area contributed by atoms with Crippen LogP contribution in [0.5, 0.6) is 5.75 Å². The van der Waals surface area contributed by atoms with Gasteiger partial charge in [0.25, 0.3) is 5.91 Å². The van der Waals surface area contributed by atoms with E-state index in [0.717, 1.165) is 10.2 Å². The highest BCUT2D eigenvalue weighted by Gasteiger charge is 2.15. The maximum absolute atomic E-state index is 12.4. The molecule has 0 heterocycles. The van der Waals surface area contributed by atoms with Crippen LogP contribution in [0, 0.1) is 0 Å². The van der Waals surface area contributed by atoms with Gasteiger partial charge in [0.05, 0.1) is 12.1 Å². The van der Waals surface area contributed by atoms with Crippen molar-refractivity contribution in [3.05, 3.63) is 57.5 Å². The van der Waals surface area contributed by atoms with Gasteiger partial charge in [-0.1, -0.05) is 17.7 Å². The van der Waals surface area contributed by atoms with Crippen LogP contribution in [0.4, 0.5) is 5.69 Å². The number of methoxy groups -OCH3 is 1. The number of rotatable bonds is 3. The lowest BCUT2D eigenvalue weighted by molar-refractivity contribution is 0.0993. The molecule has 0 fully saturated rings. The molecular formula is C15H13BrClNO2. The SMILES string of the molecule is COc1cccc(N(C)C(=O)c2ccc(Br)c(Cl)c2)c1. The quantitative estimate of drug-likeness (QED) is 0.818. The molecule has 0 aliphatic carbocycles. The van der Waals surface area contributed by atoms with Crippen molar-refractivity contribution in [3.63, 3.8) is 0 Å². The zero-order valence-corrected chi connectivity index (χ0v) is 13.4. The Morgan fingerprint density at radius 3 is 2.65 bits per heavy atom. The first-order valence-electron chi connectivity index (χ1n) is 5.90. The van der Waals surface area contributed by atoms with Gasteiger partial charge in [0.2, 0.25) is 0 Å². The summed E-state index contributed by atoms with van der Waals surface area (Å²) in [5, 5.41) is 0.509. The molecule has 104 valence electrons. The predicted molar refractivity (Wildman–Crippen MR) is 84.9 cm³/mol. The van der Waals surface area contributed by atoms with Gasteiger partial charge in [0.1, 0.15) is 5.75 Å². The zero-order valence-electron chi connectivity index (χ0n) is 11.1. The molecule has 0 saturated carbocycles. The molecule has 1 amide bonds. The molecular weight excluding hydrogens is 342 g/mol. The second-order valence-electron chi connectivity index (χ2n) is 4.19. The molecule has 0 spiro atoms. The maximum atomic E-state index is 12.4. The van der Waals surface area contributed by atoms with Gasteiger partial charge in [-0.25, -0.2) is 0 Å². The van der Waals surface area contributed by atoms with E-state index in [1.54, 1.807) is 43.3 Å². The first-order chi connectivity index (χ1) is 9.52. The van der Waals surface area contributed by atoms with E-state index < -0.39 is 0 Å². The Morgan fingerprint density at radius 1 is 1.25 bits per heavy atom. The molecule has 3 nitrogen and oxygen atoms in total. The summed E-state index contributed by atoms with van der Waals surface area (Å²) in [6.07, 6.45) is 0. The van der Waals surface area contributed by atoms with Crippen molar-refractivity contribution >= 4 is 39.1 Å². The van der Waals surface area contributed by atoms with Gasteiger partial charge in [-0.2, -0.15) is 0 Å². The minimum atomic E-state index is -0.132. The van der Waals surface area contributed by atoms with Crippen LogP contribution < -0.4 is 9.64 Å². The molecule has 0 radical (unpaired) electrons. The number of benzene rings is 2. The van der Waals surface area contributed by atoms with E-state index in [0.29, 0.717) is 16.3 Å². The number of carbonyl (C=O) groups is 1. The first-order valence-corrected chi connectivity index (χ1v) is 7.07. The molecule has 2 aromatic carbocycles. The van der Waals surface area contributed by atoms with Crippen LogP contribution >= 0.6 is 27.5 Å². The number of halogens is 2. The van der Waals surface area contributed by atoms with Crippen LogP contribution in [0.1, 0.15) is 10.4 Å². The third-order valence-electron chi connectivity index (χ3n) is 2.91. The van der Waals surface area contributed by atoms with Crippen molar-refractivity contribution in [1.82, 2.24) is 0 Å². The van der Waals surface area contributed by atoms with Gasteiger partial charge in [0, 0.05) is 28.8 Å². The molecule has 0 atom stereocenters. The van der Waals surface area contributed by atoms with Crippen molar-refractivity contribution in [2.75, 3.05) is 19.1 Å². The van der Waals surface area contributed by atoms with E-state index in [-0.39, 0.29) is 5.91 Å². The molecule has 20 heavy (non-hydrogen) atoms. The molecule has 2 aromatic rings. The summed E-state index contributed by atoms with van der Waals surface area (Å²) in [5.74, 6) is 0.573. The number of anilines is 1. The molecule has 0 unspecified atom stereocenters. The number of hydrogen-bond acceptors (Lipinski definition) is 2. The minimum absolute atomic E-state index is 0.132. The summed E-state index contributed by atoms with van der Waals surface area (Å²) in [6.45, 7) is 0. The fourth-order valence-corrected chi connectivity index (χ4v) is 2.19. The van der Waals surface area contributed by atoms with Gasteiger partial charge in [-0.15, -0.1) is 0 Å². The monoisotopic (exact) mass is 353 g/mol. The Bertz CT molecular complexity index is 646. The molecule has 0 aromatic heterocycles. The number of ether oxygens (including phenoxy) is 1. The van der Waals surface area contributed by atoms with E-state index in [9.17, 15) is 4.79 Å². The van der Waals surface area contributed by atoms with Gasteiger partial charge < -0.3 is 9.64 Å². The van der Waals surface area contributed by atoms with Gasteiger partial charge in [0.15, 0.2) is 0 Å². The summed E-state index contributed by atoms with van der Waals surface area (Å²) < 4.78 is 5.92. The normalized spacial score (nSPS) is 10.2. The van der Waals surface area contributed by atoms with E-state index in [4.69, 9.17) is 16.3 Å². The van der Waals surface area contributed by atoms with E-state index in [1.807, 2.05) is 18.2 Å². The van der Waals surface area contributed by atoms with Crippen molar-refractivity contribution in [2.24, 2.45) is 0 Å². The number of amides is 1. The lowest BCUT2D eigenvalue weighted by atomic mass is 10.2. The predicted octanol–water partition coefficient (Wildman–Crippen LogP) is 4.39. The highest BCUT2D eigenvalue weighted by atomic mass is 79.9. The van der Waals surface area contributed by atoms with Gasteiger partial charge in [-0.3, -0.25) is 4.79 Å². The van der Waals surface area contributed by atoms with Crippen LogP contribution in [-0.2, 0) is 0 Å². The average Bonchev–Trinajstić information content (AvgIpc) is 2.48. The highest BCUT2D eigenvalue weighted by Crippen LogP contribution is 2.25. The second kappa shape index (κ2) is 6.29. The van der Waals surface area contributed by atoms with Crippen LogP contribution in [0.25, 0.3) is 0 Å². The molecule has 5 heteroatoms. The Morgan fingerprint density at radius 2 is 2.00 bits per heavy atom. The lowest BCUT2D eigenvalue weighted by Crippen LogP contribution is -2.26. The fourth-order valence-electron chi connectivity index (χ4n) is 1.76. The number of nitrogens with zero attached hydrogens (tertiary/aromatic N) is 1. The largest absolute Gasteiger partial charge is 0.497 e. The first kappa shape index (κ1) is 14.9. The Hall–Kier alpha value is -1.52. The van der Waals surface area contributed by atoms with Gasteiger partial charge in [-0.05, 0) is 46.3 Å². The standard InChI is InChI=1S/C15H13BrClNO2/c1-18(11-4-3-5-12(9-11)20-2)15(19)10-6-7-13(16)14(17)8-10/h3-9H,1-2H3. The highest BCUT2D eigenvalue weighted by molar-refractivity contribution is 9.10. The number of hydrogen-bond donors (Lipinski definition) is 0. The van der Waals surface area contributed by atoms with E-state index >= 15 is 0 Å². The topological polar surface area (TPSA) is 29.5 Å². The zero-order chi connectivity index (χ0) is 14.7. The molecule has 0 aliphatic heterocycles. The van der Waals surface area contributed by atoms with Crippen LogP contribution in [0.2, 0.25) is 5.02 Å². The summed E-state index contributed by atoms with van der Waals surface area (Å²) in [5.41, 5.74) is 1.29. The van der Waals surface area contributed by atoms with Crippen LogP contribution in [0.15, 0.2) is 46.9 Å². The summed E-state index contributed by atoms with van der Waals surface area (Å²) in [6, 6.07) is 12.5. The third kappa shape index (κ3) is 3.14. The molecule has 0 N–H and O–H groups in total. The fraction of sp³-hybridized carbons (Fsp3) is 0.133. The smallest absolute Gasteiger partial charge is 0.258 e. The lowest BCUT2D eigenvalue weighted by Gasteiger charge is -2.18. The number of carbonyl (C=O) groups excluding carboxylic acids is 1. The Kier molecular flexibility index (Phi) is 4.68. The van der Waals surface area contributed by atoms with Crippen molar-refractivity contribution in [1.29, 1.82) is 0 Å². The van der Waals surface area contributed by atoms with Crippen LogP contribution in [-0.4, -0.2) is 20.1 Å². The van der Waals surface area contributed by atoms with Crippen molar-refractivity contribution in [2.45, 2.75) is 0 Å². The summed E-state index contributed by atoms with van der Waals surface area (Å²) in [4.78, 5) is 14.0. The molecule has 0 aliphatic rings. The minimum Gasteiger partial charge on any atom is -0.497 e. The second-order valence-corrected chi connectivity index (χ2v) is 5.46. The summed E-state index contributed by atoms with van der Waals surface area (Å²) >= 11 is 9.32. The maximum Gasteiger partial charge on any atom is 0.258 e. The van der Waals surface area contributed by atoms with Crippen molar-refractivity contribution < 1.29 is 9.53 Å². The summed E-state index contributed by atoms with van der Waals surface area (Å²) in [7, 11) is 3.31. The van der Waals surface area contributed by atoms with Crippen molar-refractivity contribution in [3.8, 4) is 5.75 Å². The Labute approximate surface area is 131 Å². The average molecular weight is 355 g/mol. The Balaban J connectivity index is 2.29. The molecule has 0 saturated heterocycles. The third-order valence-corrected chi connectivity index (χ3v) is 4.14. The van der Waals surface area contributed by atoms with Gasteiger partial charge >= 0.3 is 0 Å².